The summed E-state index contributed by atoms with van der Waals surface area (Å²) in [5.74, 6) is 1.90. The van der Waals surface area contributed by atoms with E-state index in [1.165, 1.54) is 30.6 Å². The van der Waals surface area contributed by atoms with Crippen molar-refractivity contribution in [1.29, 1.82) is 0 Å². The highest BCUT2D eigenvalue weighted by Crippen LogP contribution is 2.32. The Morgan fingerprint density at radius 2 is 2.25 bits per heavy atom. The molecule has 0 saturated heterocycles. The van der Waals surface area contributed by atoms with Gasteiger partial charge < -0.3 is 4.74 Å². The lowest BCUT2D eigenvalue weighted by Gasteiger charge is -2.27. The maximum absolute atomic E-state index is 5.67. The van der Waals surface area contributed by atoms with Crippen molar-refractivity contribution in [2.45, 2.75) is 33.1 Å². The van der Waals surface area contributed by atoms with E-state index in [0.717, 1.165) is 12.5 Å². The lowest BCUT2D eigenvalue weighted by molar-refractivity contribution is 0.154. The van der Waals surface area contributed by atoms with Crippen LogP contribution in [0.3, 0.4) is 0 Å². The monoisotopic (exact) mass is 164 g/mol. The standard InChI is InChI=1S/C11H16O/c1-8-3-4-10-5-9(2)7-12-11(10)6-8/h6,9H,3-5,7H2,1-2H3. The van der Waals surface area contributed by atoms with E-state index in [9.17, 15) is 0 Å². The minimum absolute atomic E-state index is 0.718. The van der Waals surface area contributed by atoms with Crippen LogP contribution in [0.5, 0.6) is 0 Å². The molecular formula is C11H16O. The van der Waals surface area contributed by atoms with E-state index in [4.69, 9.17) is 4.74 Å². The fraction of sp³-hybridized carbons (Fsp3) is 0.636. The molecule has 2 rings (SSSR count). The fourth-order valence-electron chi connectivity index (χ4n) is 1.93. The maximum Gasteiger partial charge on any atom is 0.118 e. The highest BCUT2D eigenvalue weighted by Gasteiger charge is 2.20. The van der Waals surface area contributed by atoms with Crippen LogP contribution in [0.4, 0.5) is 0 Å². The molecule has 1 atom stereocenters. The second-order valence-corrected chi connectivity index (χ2v) is 4.08. The first-order valence-electron chi connectivity index (χ1n) is 4.77. The largest absolute Gasteiger partial charge is 0.493 e. The van der Waals surface area contributed by atoms with Crippen LogP contribution in [0.15, 0.2) is 23.0 Å². The van der Waals surface area contributed by atoms with Gasteiger partial charge in [0.2, 0.25) is 0 Å². The van der Waals surface area contributed by atoms with Crippen molar-refractivity contribution in [2.24, 2.45) is 5.92 Å². The van der Waals surface area contributed by atoms with E-state index in [-0.39, 0.29) is 0 Å². The van der Waals surface area contributed by atoms with E-state index >= 15 is 0 Å². The van der Waals surface area contributed by atoms with E-state index < -0.39 is 0 Å². The quantitative estimate of drug-likeness (QED) is 0.534. The third-order valence-corrected chi connectivity index (χ3v) is 2.67. The van der Waals surface area contributed by atoms with Crippen LogP contribution >= 0.6 is 0 Å². The minimum atomic E-state index is 0.718. The molecule has 0 aromatic heterocycles. The Hall–Kier alpha value is -0.720. The Balaban J connectivity index is 2.22. The van der Waals surface area contributed by atoms with Gasteiger partial charge in [0, 0.05) is 0 Å². The van der Waals surface area contributed by atoms with Crippen molar-refractivity contribution in [2.75, 3.05) is 6.61 Å². The van der Waals surface area contributed by atoms with Crippen molar-refractivity contribution in [3.05, 3.63) is 23.0 Å². The van der Waals surface area contributed by atoms with Gasteiger partial charge in [-0.05, 0) is 43.8 Å². The molecule has 0 fully saturated rings. The molecule has 66 valence electrons. The molecule has 0 aromatic rings. The summed E-state index contributed by atoms with van der Waals surface area (Å²) in [7, 11) is 0. The van der Waals surface area contributed by atoms with Crippen LogP contribution in [0.2, 0.25) is 0 Å². The molecular weight excluding hydrogens is 148 g/mol. The summed E-state index contributed by atoms with van der Waals surface area (Å²) in [4.78, 5) is 0. The number of rotatable bonds is 0. The third kappa shape index (κ3) is 1.40. The van der Waals surface area contributed by atoms with Gasteiger partial charge >= 0.3 is 0 Å². The van der Waals surface area contributed by atoms with Crippen LogP contribution in [-0.2, 0) is 4.74 Å². The number of hydrogen-bond acceptors (Lipinski definition) is 1. The van der Waals surface area contributed by atoms with Gasteiger partial charge in [-0.2, -0.15) is 0 Å². The minimum Gasteiger partial charge on any atom is -0.493 e. The molecule has 12 heavy (non-hydrogen) atoms. The van der Waals surface area contributed by atoms with Gasteiger partial charge in [0.15, 0.2) is 0 Å². The Morgan fingerprint density at radius 3 is 3.08 bits per heavy atom. The van der Waals surface area contributed by atoms with Gasteiger partial charge in [0.05, 0.1) is 6.61 Å². The topological polar surface area (TPSA) is 9.23 Å². The highest BCUT2D eigenvalue weighted by atomic mass is 16.5. The number of allylic oxidation sites excluding steroid dienone is 3. The molecule has 1 nitrogen and oxygen atoms in total. The fourth-order valence-corrected chi connectivity index (χ4v) is 1.93. The summed E-state index contributed by atoms with van der Waals surface area (Å²) < 4.78 is 5.67. The lowest BCUT2D eigenvalue weighted by Crippen LogP contribution is -2.16. The SMILES string of the molecule is CC1=CC2=C(CC1)CC(C)CO2. The highest BCUT2D eigenvalue weighted by molar-refractivity contribution is 5.30. The summed E-state index contributed by atoms with van der Waals surface area (Å²) >= 11 is 0. The molecule has 0 amide bonds. The molecule has 0 spiro atoms. The molecule has 0 aromatic carbocycles. The van der Waals surface area contributed by atoms with Crippen LogP contribution in [0, 0.1) is 5.92 Å². The van der Waals surface area contributed by atoms with Crippen molar-refractivity contribution in [1.82, 2.24) is 0 Å². The predicted octanol–water partition coefficient (Wildman–Crippen LogP) is 3.04. The second kappa shape index (κ2) is 2.96. The smallest absolute Gasteiger partial charge is 0.118 e. The van der Waals surface area contributed by atoms with Gasteiger partial charge in [-0.3, -0.25) is 0 Å². The van der Waals surface area contributed by atoms with Gasteiger partial charge in [-0.25, -0.2) is 0 Å². The maximum atomic E-state index is 5.67. The van der Waals surface area contributed by atoms with Gasteiger partial charge in [0.1, 0.15) is 5.76 Å². The molecule has 1 heterocycles. The molecule has 0 bridgehead atoms. The van der Waals surface area contributed by atoms with E-state index in [1.807, 2.05) is 0 Å². The van der Waals surface area contributed by atoms with E-state index in [1.54, 1.807) is 5.57 Å². The van der Waals surface area contributed by atoms with Crippen molar-refractivity contribution >= 4 is 0 Å². The van der Waals surface area contributed by atoms with E-state index in [2.05, 4.69) is 19.9 Å². The molecule has 1 aliphatic heterocycles. The molecule has 1 aliphatic carbocycles. The molecule has 0 saturated carbocycles. The molecule has 2 aliphatic rings. The summed E-state index contributed by atoms with van der Waals surface area (Å²) in [6.07, 6.45) is 5.92. The zero-order chi connectivity index (χ0) is 8.55. The number of ether oxygens (including phenoxy) is 1. The summed E-state index contributed by atoms with van der Waals surface area (Å²) in [5, 5.41) is 0. The molecule has 0 radical (unpaired) electrons. The second-order valence-electron chi connectivity index (χ2n) is 4.08. The van der Waals surface area contributed by atoms with Crippen molar-refractivity contribution < 1.29 is 4.74 Å². The first kappa shape index (κ1) is 7.90. The zero-order valence-corrected chi connectivity index (χ0v) is 7.89. The lowest BCUT2D eigenvalue weighted by atomic mass is 9.89. The Kier molecular flexibility index (Phi) is 1.95. The van der Waals surface area contributed by atoms with Crippen molar-refractivity contribution in [3.8, 4) is 0 Å². The van der Waals surface area contributed by atoms with Gasteiger partial charge in [-0.15, -0.1) is 0 Å². The number of hydrogen-bond donors (Lipinski definition) is 0. The third-order valence-electron chi connectivity index (χ3n) is 2.67. The summed E-state index contributed by atoms with van der Waals surface area (Å²) in [5.41, 5.74) is 3.00. The van der Waals surface area contributed by atoms with Crippen LogP contribution in [0.25, 0.3) is 0 Å². The normalized spacial score (nSPS) is 29.2. The van der Waals surface area contributed by atoms with Crippen LogP contribution in [0.1, 0.15) is 33.1 Å². The van der Waals surface area contributed by atoms with E-state index in [0.29, 0.717) is 0 Å². The first-order valence-corrected chi connectivity index (χ1v) is 4.77. The molecule has 1 unspecified atom stereocenters. The molecule has 1 heteroatoms. The Morgan fingerprint density at radius 1 is 1.42 bits per heavy atom. The molecule has 0 N–H and O–H groups in total. The average Bonchev–Trinajstić information content (AvgIpc) is 2.05. The Bertz CT molecular complexity index is 248. The van der Waals surface area contributed by atoms with Crippen molar-refractivity contribution in [3.63, 3.8) is 0 Å². The first-order chi connectivity index (χ1) is 5.75. The Labute approximate surface area is 74.1 Å². The zero-order valence-electron chi connectivity index (χ0n) is 7.89. The summed E-state index contributed by atoms with van der Waals surface area (Å²) in [6.45, 7) is 5.35. The average molecular weight is 164 g/mol. The van der Waals surface area contributed by atoms with Crippen LogP contribution in [-0.4, -0.2) is 6.61 Å². The van der Waals surface area contributed by atoms with Gasteiger partial charge in [-0.1, -0.05) is 12.5 Å². The predicted molar refractivity (Wildman–Crippen MR) is 49.8 cm³/mol. The van der Waals surface area contributed by atoms with Gasteiger partial charge in [0.25, 0.3) is 0 Å². The summed E-state index contributed by atoms with van der Waals surface area (Å²) in [6, 6.07) is 0. The van der Waals surface area contributed by atoms with Crippen LogP contribution < -0.4 is 0 Å².